The lowest BCUT2D eigenvalue weighted by Crippen LogP contribution is -2.21. The molecule has 0 bridgehead atoms. The van der Waals surface area contributed by atoms with E-state index < -0.39 is 0 Å². The zero-order valence-corrected chi connectivity index (χ0v) is 10.6. The summed E-state index contributed by atoms with van der Waals surface area (Å²) in [5, 5.41) is 11.3. The summed E-state index contributed by atoms with van der Waals surface area (Å²) in [4.78, 5) is 24.7. The molecule has 0 aliphatic carbocycles. The molecular weight excluding hydrogens is 232 g/mol. The largest absolute Gasteiger partial charge is 0.396 e. The van der Waals surface area contributed by atoms with Crippen molar-refractivity contribution in [2.45, 2.75) is 12.8 Å². The lowest BCUT2D eigenvalue weighted by atomic mass is 10.1. The van der Waals surface area contributed by atoms with Crippen molar-refractivity contribution in [2.24, 2.45) is 0 Å². The molecule has 1 aromatic rings. The maximum absolute atomic E-state index is 11.7. The molecule has 0 unspecified atom stereocenters. The number of rotatable bonds is 5. The summed E-state index contributed by atoms with van der Waals surface area (Å²) in [5.74, 6) is -0.278. The highest BCUT2D eigenvalue weighted by atomic mass is 16.3. The van der Waals surface area contributed by atoms with Crippen LogP contribution in [0.4, 0.5) is 5.69 Å². The van der Waals surface area contributed by atoms with Crippen LogP contribution < -0.4 is 5.32 Å². The number of aliphatic hydroxyl groups excluding tert-OH is 1. The van der Waals surface area contributed by atoms with Gasteiger partial charge in [-0.05, 0) is 24.6 Å². The molecule has 0 heterocycles. The van der Waals surface area contributed by atoms with E-state index in [2.05, 4.69) is 5.32 Å². The quantitative estimate of drug-likeness (QED) is 0.822. The highest BCUT2D eigenvalue weighted by molar-refractivity contribution is 5.96. The number of aliphatic hydroxyl groups is 1. The Hall–Kier alpha value is -1.88. The molecule has 1 aromatic carbocycles. The highest BCUT2D eigenvalue weighted by Crippen LogP contribution is 2.12. The summed E-state index contributed by atoms with van der Waals surface area (Å²) in [5.41, 5.74) is 1.12. The standard InChI is InChI=1S/C13H18N2O3/c1-15(2)13(18)10-5-3-6-11(9-10)14-12(17)7-4-8-16/h3,5-6,9,16H,4,7-8H2,1-2H3,(H,14,17). The van der Waals surface area contributed by atoms with Gasteiger partial charge < -0.3 is 15.3 Å². The number of benzene rings is 1. The van der Waals surface area contributed by atoms with Gasteiger partial charge in [-0.15, -0.1) is 0 Å². The molecule has 1 rings (SSSR count). The SMILES string of the molecule is CN(C)C(=O)c1cccc(NC(=O)CCCO)c1. The van der Waals surface area contributed by atoms with Gasteiger partial charge in [-0.2, -0.15) is 0 Å². The van der Waals surface area contributed by atoms with E-state index in [4.69, 9.17) is 5.11 Å². The van der Waals surface area contributed by atoms with E-state index in [1.54, 1.807) is 38.4 Å². The van der Waals surface area contributed by atoms with Gasteiger partial charge in [-0.3, -0.25) is 9.59 Å². The fourth-order valence-corrected chi connectivity index (χ4v) is 1.45. The maximum Gasteiger partial charge on any atom is 0.253 e. The Labute approximate surface area is 106 Å². The van der Waals surface area contributed by atoms with Crippen molar-refractivity contribution in [3.8, 4) is 0 Å². The number of nitrogens with one attached hydrogen (secondary N) is 1. The van der Waals surface area contributed by atoms with Crippen LogP contribution in [0.2, 0.25) is 0 Å². The minimum atomic E-state index is -0.168. The molecule has 0 spiro atoms. The Morgan fingerprint density at radius 1 is 1.33 bits per heavy atom. The highest BCUT2D eigenvalue weighted by Gasteiger charge is 2.09. The van der Waals surface area contributed by atoms with Crippen LogP contribution in [0.3, 0.4) is 0 Å². The van der Waals surface area contributed by atoms with Crippen LogP contribution in [0, 0.1) is 0 Å². The average Bonchev–Trinajstić information content (AvgIpc) is 2.35. The van der Waals surface area contributed by atoms with Crippen LogP contribution in [0.5, 0.6) is 0 Å². The fraction of sp³-hybridized carbons (Fsp3) is 0.385. The maximum atomic E-state index is 11.7. The summed E-state index contributed by atoms with van der Waals surface area (Å²) in [6, 6.07) is 6.78. The van der Waals surface area contributed by atoms with Gasteiger partial charge in [-0.25, -0.2) is 0 Å². The molecule has 0 radical (unpaired) electrons. The van der Waals surface area contributed by atoms with E-state index in [-0.39, 0.29) is 24.8 Å². The second kappa shape index (κ2) is 6.76. The molecule has 5 heteroatoms. The van der Waals surface area contributed by atoms with Crippen LogP contribution in [-0.2, 0) is 4.79 Å². The van der Waals surface area contributed by atoms with E-state index in [1.807, 2.05) is 0 Å². The van der Waals surface area contributed by atoms with Crippen molar-refractivity contribution in [3.63, 3.8) is 0 Å². The summed E-state index contributed by atoms with van der Waals surface area (Å²) < 4.78 is 0. The Kier molecular flexibility index (Phi) is 5.32. The molecule has 0 atom stereocenters. The first kappa shape index (κ1) is 14.2. The molecular formula is C13H18N2O3. The van der Waals surface area contributed by atoms with E-state index in [0.29, 0.717) is 17.7 Å². The molecule has 0 aliphatic rings. The van der Waals surface area contributed by atoms with Gasteiger partial charge in [0, 0.05) is 38.4 Å². The molecule has 98 valence electrons. The number of hydrogen-bond acceptors (Lipinski definition) is 3. The number of anilines is 1. The lowest BCUT2D eigenvalue weighted by Gasteiger charge is -2.11. The van der Waals surface area contributed by atoms with E-state index >= 15 is 0 Å². The molecule has 0 aliphatic heterocycles. The molecule has 0 aromatic heterocycles. The average molecular weight is 250 g/mol. The van der Waals surface area contributed by atoms with Gasteiger partial charge in [-0.1, -0.05) is 6.07 Å². The Morgan fingerprint density at radius 2 is 2.06 bits per heavy atom. The smallest absolute Gasteiger partial charge is 0.253 e. The third-order valence-corrected chi connectivity index (χ3v) is 2.36. The number of nitrogens with zero attached hydrogens (tertiary/aromatic N) is 1. The first-order chi connectivity index (χ1) is 8.54. The molecule has 0 fully saturated rings. The number of amides is 2. The summed E-state index contributed by atoms with van der Waals surface area (Å²) in [7, 11) is 3.35. The van der Waals surface area contributed by atoms with Crippen molar-refractivity contribution in [1.29, 1.82) is 0 Å². The van der Waals surface area contributed by atoms with Gasteiger partial charge >= 0.3 is 0 Å². The molecule has 2 N–H and O–H groups in total. The van der Waals surface area contributed by atoms with Crippen LogP contribution in [0.25, 0.3) is 0 Å². The van der Waals surface area contributed by atoms with Crippen molar-refractivity contribution < 1.29 is 14.7 Å². The number of hydrogen-bond donors (Lipinski definition) is 2. The summed E-state index contributed by atoms with van der Waals surface area (Å²) >= 11 is 0. The first-order valence-electron chi connectivity index (χ1n) is 5.77. The molecule has 5 nitrogen and oxygen atoms in total. The van der Waals surface area contributed by atoms with Gasteiger partial charge in [0.2, 0.25) is 5.91 Å². The van der Waals surface area contributed by atoms with Crippen LogP contribution in [0.15, 0.2) is 24.3 Å². The zero-order valence-electron chi connectivity index (χ0n) is 10.6. The van der Waals surface area contributed by atoms with E-state index in [9.17, 15) is 9.59 Å². The predicted octanol–water partition coefficient (Wildman–Crippen LogP) is 1.10. The third kappa shape index (κ3) is 4.18. The number of carbonyl (C=O) groups excluding carboxylic acids is 2. The van der Waals surface area contributed by atoms with Crippen molar-refractivity contribution >= 4 is 17.5 Å². The van der Waals surface area contributed by atoms with Crippen molar-refractivity contribution in [1.82, 2.24) is 4.90 Å². The van der Waals surface area contributed by atoms with E-state index in [0.717, 1.165) is 0 Å². The zero-order chi connectivity index (χ0) is 13.5. The minimum absolute atomic E-state index is 0.00737. The molecule has 18 heavy (non-hydrogen) atoms. The fourth-order valence-electron chi connectivity index (χ4n) is 1.45. The van der Waals surface area contributed by atoms with Gasteiger partial charge in [0.1, 0.15) is 0 Å². The monoisotopic (exact) mass is 250 g/mol. The Morgan fingerprint density at radius 3 is 2.67 bits per heavy atom. The Bertz CT molecular complexity index is 430. The Balaban J connectivity index is 2.70. The van der Waals surface area contributed by atoms with Gasteiger partial charge in [0.25, 0.3) is 5.91 Å². The normalized spacial score (nSPS) is 9.94. The van der Waals surface area contributed by atoms with E-state index in [1.165, 1.54) is 4.90 Å². The van der Waals surface area contributed by atoms with Crippen LogP contribution in [0.1, 0.15) is 23.2 Å². The summed E-state index contributed by atoms with van der Waals surface area (Å²) in [6.07, 6.45) is 0.699. The molecule has 0 saturated heterocycles. The van der Waals surface area contributed by atoms with Crippen molar-refractivity contribution in [3.05, 3.63) is 29.8 Å². The predicted molar refractivity (Wildman–Crippen MR) is 69.4 cm³/mol. The van der Waals surface area contributed by atoms with Gasteiger partial charge in [0.05, 0.1) is 0 Å². The lowest BCUT2D eigenvalue weighted by molar-refractivity contribution is -0.116. The first-order valence-corrected chi connectivity index (χ1v) is 5.77. The molecule has 0 saturated carbocycles. The second-order valence-electron chi connectivity index (χ2n) is 4.16. The van der Waals surface area contributed by atoms with Crippen LogP contribution in [-0.4, -0.2) is 42.5 Å². The van der Waals surface area contributed by atoms with Crippen molar-refractivity contribution in [2.75, 3.05) is 26.0 Å². The molecule has 2 amide bonds. The topological polar surface area (TPSA) is 69.6 Å². The number of carbonyl (C=O) groups is 2. The second-order valence-corrected chi connectivity index (χ2v) is 4.16. The minimum Gasteiger partial charge on any atom is -0.396 e. The van der Waals surface area contributed by atoms with Crippen LogP contribution >= 0.6 is 0 Å². The summed E-state index contributed by atoms with van der Waals surface area (Å²) in [6.45, 7) is -0.00737. The van der Waals surface area contributed by atoms with Gasteiger partial charge in [0.15, 0.2) is 0 Å². The third-order valence-electron chi connectivity index (χ3n) is 2.36.